The SMILES string of the molecule is Fc1cccc(OC2CCN(CC3CCOCC3)CC2)n1. The van der Waals surface area contributed by atoms with Crippen molar-refractivity contribution in [3.8, 4) is 5.88 Å². The Balaban J connectivity index is 1.42. The Hall–Kier alpha value is -1.20. The fraction of sp³-hybridized carbons (Fsp3) is 0.688. The first-order chi connectivity index (χ1) is 10.3. The third-order valence-corrected chi connectivity index (χ3v) is 4.37. The summed E-state index contributed by atoms with van der Waals surface area (Å²) in [7, 11) is 0. The van der Waals surface area contributed by atoms with Gasteiger partial charge in [0.1, 0.15) is 6.10 Å². The molecule has 116 valence electrons. The highest BCUT2D eigenvalue weighted by Crippen LogP contribution is 2.21. The highest BCUT2D eigenvalue weighted by atomic mass is 19.1. The fourth-order valence-electron chi connectivity index (χ4n) is 3.13. The van der Waals surface area contributed by atoms with E-state index in [0.717, 1.165) is 45.1 Å². The lowest BCUT2D eigenvalue weighted by atomic mass is 9.98. The lowest BCUT2D eigenvalue weighted by Gasteiger charge is -2.35. The van der Waals surface area contributed by atoms with Crippen molar-refractivity contribution in [1.82, 2.24) is 9.88 Å². The Bertz CT molecular complexity index is 444. The molecule has 0 radical (unpaired) electrons. The van der Waals surface area contributed by atoms with Crippen LogP contribution in [0.2, 0.25) is 0 Å². The van der Waals surface area contributed by atoms with Gasteiger partial charge in [0.15, 0.2) is 0 Å². The average molecular weight is 294 g/mol. The number of halogens is 1. The minimum Gasteiger partial charge on any atom is -0.474 e. The molecule has 0 aromatic carbocycles. The molecular formula is C16H23FN2O2. The third kappa shape index (κ3) is 4.38. The van der Waals surface area contributed by atoms with E-state index in [2.05, 4.69) is 9.88 Å². The maximum absolute atomic E-state index is 13.0. The van der Waals surface area contributed by atoms with Gasteiger partial charge in [0.2, 0.25) is 11.8 Å². The van der Waals surface area contributed by atoms with E-state index in [1.165, 1.54) is 25.5 Å². The van der Waals surface area contributed by atoms with Crippen LogP contribution in [0, 0.1) is 11.9 Å². The van der Waals surface area contributed by atoms with Crippen molar-refractivity contribution < 1.29 is 13.9 Å². The molecule has 2 saturated heterocycles. The van der Waals surface area contributed by atoms with E-state index in [4.69, 9.17) is 9.47 Å². The lowest BCUT2D eigenvalue weighted by molar-refractivity contribution is 0.0382. The first-order valence-corrected chi connectivity index (χ1v) is 7.89. The second-order valence-electron chi connectivity index (χ2n) is 5.97. The number of hydrogen-bond acceptors (Lipinski definition) is 4. The number of ether oxygens (including phenoxy) is 2. The molecule has 0 N–H and O–H groups in total. The molecule has 0 saturated carbocycles. The van der Waals surface area contributed by atoms with Crippen LogP contribution in [0.25, 0.3) is 0 Å². The van der Waals surface area contributed by atoms with Crippen LogP contribution >= 0.6 is 0 Å². The molecule has 0 spiro atoms. The zero-order chi connectivity index (χ0) is 14.5. The van der Waals surface area contributed by atoms with Crippen molar-refractivity contribution >= 4 is 0 Å². The summed E-state index contributed by atoms with van der Waals surface area (Å²) in [6.07, 6.45) is 4.50. The summed E-state index contributed by atoms with van der Waals surface area (Å²) in [4.78, 5) is 6.29. The second-order valence-corrected chi connectivity index (χ2v) is 5.97. The molecule has 1 aromatic rings. The summed E-state index contributed by atoms with van der Waals surface area (Å²) in [6.45, 7) is 5.11. The first-order valence-electron chi connectivity index (χ1n) is 7.89. The quantitative estimate of drug-likeness (QED) is 0.799. The summed E-state index contributed by atoms with van der Waals surface area (Å²) in [5.74, 6) is 0.698. The topological polar surface area (TPSA) is 34.6 Å². The van der Waals surface area contributed by atoms with E-state index in [-0.39, 0.29) is 6.10 Å². The predicted octanol–water partition coefficient (Wildman–Crippen LogP) is 2.49. The molecular weight excluding hydrogens is 271 g/mol. The predicted molar refractivity (Wildman–Crippen MR) is 77.8 cm³/mol. The number of piperidine rings is 1. The number of rotatable bonds is 4. The van der Waals surface area contributed by atoms with Gasteiger partial charge in [-0.3, -0.25) is 0 Å². The van der Waals surface area contributed by atoms with Crippen LogP contribution in [-0.2, 0) is 4.74 Å². The summed E-state index contributed by atoms with van der Waals surface area (Å²) < 4.78 is 24.2. The number of likely N-dealkylation sites (tertiary alicyclic amines) is 1. The summed E-state index contributed by atoms with van der Waals surface area (Å²) in [5.41, 5.74) is 0. The summed E-state index contributed by atoms with van der Waals surface area (Å²) in [5, 5.41) is 0. The lowest BCUT2D eigenvalue weighted by Crippen LogP contribution is -2.41. The molecule has 0 atom stereocenters. The van der Waals surface area contributed by atoms with Crippen molar-refractivity contribution in [3.05, 3.63) is 24.1 Å². The maximum Gasteiger partial charge on any atom is 0.216 e. The molecule has 21 heavy (non-hydrogen) atoms. The zero-order valence-corrected chi connectivity index (χ0v) is 12.3. The highest BCUT2D eigenvalue weighted by molar-refractivity contribution is 5.10. The van der Waals surface area contributed by atoms with E-state index in [9.17, 15) is 4.39 Å². The molecule has 2 aliphatic rings. The van der Waals surface area contributed by atoms with Crippen LogP contribution in [0.15, 0.2) is 18.2 Å². The fourth-order valence-corrected chi connectivity index (χ4v) is 3.13. The molecule has 4 nitrogen and oxygen atoms in total. The maximum atomic E-state index is 13.0. The van der Waals surface area contributed by atoms with E-state index in [1.807, 2.05) is 0 Å². The van der Waals surface area contributed by atoms with Crippen molar-refractivity contribution in [1.29, 1.82) is 0 Å². The Labute approximate surface area is 125 Å². The molecule has 3 rings (SSSR count). The van der Waals surface area contributed by atoms with Crippen LogP contribution < -0.4 is 4.74 Å². The van der Waals surface area contributed by atoms with Gasteiger partial charge in [-0.05, 0) is 37.7 Å². The van der Waals surface area contributed by atoms with Crippen LogP contribution in [0.5, 0.6) is 5.88 Å². The van der Waals surface area contributed by atoms with Crippen LogP contribution in [0.4, 0.5) is 4.39 Å². The third-order valence-electron chi connectivity index (χ3n) is 4.37. The van der Waals surface area contributed by atoms with E-state index < -0.39 is 5.95 Å². The zero-order valence-electron chi connectivity index (χ0n) is 12.3. The number of pyridine rings is 1. The van der Waals surface area contributed by atoms with Gasteiger partial charge in [-0.2, -0.15) is 9.37 Å². The smallest absolute Gasteiger partial charge is 0.216 e. The monoisotopic (exact) mass is 294 g/mol. The minimum absolute atomic E-state index is 0.158. The molecule has 0 aliphatic carbocycles. The van der Waals surface area contributed by atoms with E-state index in [0.29, 0.717) is 5.88 Å². The largest absolute Gasteiger partial charge is 0.474 e. The molecule has 0 unspecified atom stereocenters. The van der Waals surface area contributed by atoms with Crippen molar-refractivity contribution in [2.75, 3.05) is 32.8 Å². The van der Waals surface area contributed by atoms with Crippen molar-refractivity contribution in [3.63, 3.8) is 0 Å². The summed E-state index contributed by atoms with van der Waals surface area (Å²) in [6, 6.07) is 4.69. The van der Waals surface area contributed by atoms with Gasteiger partial charge in [-0.15, -0.1) is 0 Å². The molecule has 0 bridgehead atoms. The molecule has 0 amide bonds. The van der Waals surface area contributed by atoms with E-state index >= 15 is 0 Å². The molecule has 2 fully saturated rings. The van der Waals surface area contributed by atoms with Crippen LogP contribution in [0.3, 0.4) is 0 Å². The van der Waals surface area contributed by atoms with E-state index in [1.54, 1.807) is 12.1 Å². The van der Waals surface area contributed by atoms with Gasteiger partial charge in [0, 0.05) is 38.9 Å². The Morgan fingerprint density at radius 3 is 2.67 bits per heavy atom. The highest BCUT2D eigenvalue weighted by Gasteiger charge is 2.24. The molecule has 5 heteroatoms. The molecule has 2 aliphatic heterocycles. The Kier molecular flexibility index (Phi) is 5.04. The second kappa shape index (κ2) is 7.18. The van der Waals surface area contributed by atoms with Gasteiger partial charge < -0.3 is 14.4 Å². The Morgan fingerprint density at radius 2 is 1.95 bits per heavy atom. The van der Waals surface area contributed by atoms with Crippen LogP contribution in [-0.4, -0.2) is 48.8 Å². The van der Waals surface area contributed by atoms with Gasteiger partial charge in [0.25, 0.3) is 0 Å². The van der Waals surface area contributed by atoms with Crippen molar-refractivity contribution in [2.45, 2.75) is 31.8 Å². The molecule has 3 heterocycles. The summed E-state index contributed by atoms with van der Waals surface area (Å²) >= 11 is 0. The average Bonchev–Trinajstić information content (AvgIpc) is 2.50. The van der Waals surface area contributed by atoms with Gasteiger partial charge in [0.05, 0.1) is 0 Å². The van der Waals surface area contributed by atoms with Crippen molar-refractivity contribution in [2.24, 2.45) is 5.92 Å². The van der Waals surface area contributed by atoms with Crippen LogP contribution in [0.1, 0.15) is 25.7 Å². The minimum atomic E-state index is -0.482. The standard InChI is InChI=1S/C16H23FN2O2/c17-15-2-1-3-16(18-15)21-14-4-8-19(9-5-14)12-13-6-10-20-11-7-13/h1-3,13-14H,4-12H2. The van der Waals surface area contributed by atoms with Gasteiger partial charge in [-0.25, -0.2) is 0 Å². The normalized spacial score (nSPS) is 22.3. The number of aromatic nitrogens is 1. The number of hydrogen-bond donors (Lipinski definition) is 0. The number of nitrogens with zero attached hydrogens (tertiary/aromatic N) is 2. The van der Waals surface area contributed by atoms with Gasteiger partial charge >= 0.3 is 0 Å². The van der Waals surface area contributed by atoms with Gasteiger partial charge in [-0.1, -0.05) is 6.07 Å². The Morgan fingerprint density at radius 1 is 1.19 bits per heavy atom. The first kappa shape index (κ1) is 14.7. The molecule has 1 aromatic heterocycles.